The summed E-state index contributed by atoms with van der Waals surface area (Å²) in [5.74, 6) is 0. The first-order valence-electron chi connectivity index (χ1n) is 2.60. The lowest BCUT2D eigenvalue weighted by molar-refractivity contribution is 0.0556. The highest BCUT2D eigenvalue weighted by Gasteiger charge is 2.04. The molecule has 3 heteroatoms. The minimum atomic E-state index is 0.572. The van der Waals surface area contributed by atoms with Crippen LogP contribution in [-0.2, 0) is 0 Å². The Kier molecular flexibility index (Phi) is 3.93. The topological polar surface area (TPSA) is 6.48 Å². The first kappa shape index (κ1) is 8.65. The van der Waals surface area contributed by atoms with Gasteiger partial charge in [0.25, 0.3) is 0 Å². The van der Waals surface area contributed by atoms with Crippen molar-refractivity contribution in [1.82, 2.24) is 10.0 Å². The lowest BCUT2D eigenvalue weighted by Crippen LogP contribution is -2.36. The van der Waals surface area contributed by atoms with Crippen molar-refractivity contribution in [2.45, 2.75) is 11.0 Å². The summed E-state index contributed by atoms with van der Waals surface area (Å²) in [6, 6.07) is 0. The third-order valence-electron chi connectivity index (χ3n) is 1.15. The van der Waals surface area contributed by atoms with Crippen LogP contribution in [0.15, 0.2) is 0 Å². The van der Waals surface area contributed by atoms with Gasteiger partial charge in [0.05, 0.1) is 4.05 Å². The molecule has 0 aromatic carbocycles. The summed E-state index contributed by atoms with van der Waals surface area (Å²) in [6.45, 7) is 2.15. The molecule has 1 atom stereocenters. The minimum absolute atomic E-state index is 0.572. The van der Waals surface area contributed by atoms with Crippen molar-refractivity contribution in [3.63, 3.8) is 0 Å². The van der Waals surface area contributed by atoms with Crippen molar-refractivity contribution in [1.29, 1.82) is 0 Å². The van der Waals surface area contributed by atoms with Crippen LogP contribution in [0.5, 0.6) is 0 Å². The van der Waals surface area contributed by atoms with E-state index in [2.05, 4.69) is 46.6 Å². The van der Waals surface area contributed by atoms with Crippen LogP contribution in [0.2, 0.25) is 0 Å². The van der Waals surface area contributed by atoms with E-state index in [1.54, 1.807) is 0 Å². The van der Waals surface area contributed by atoms with Crippen LogP contribution in [-0.4, -0.2) is 35.2 Å². The van der Waals surface area contributed by atoms with Gasteiger partial charge in [0.2, 0.25) is 0 Å². The van der Waals surface area contributed by atoms with E-state index >= 15 is 0 Å². The largest absolute Gasteiger partial charge is 0.247 e. The Morgan fingerprint density at radius 3 is 1.62 bits per heavy atom. The van der Waals surface area contributed by atoms with E-state index < -0.39 is 0 Å². The van der Waals surface area contributed by atoms with Crippen molar-refractivity contribution < 1.29 is 0 Å². The van der Waals surface area contributed by atoms with Crippen molar-refractivity contribution in [2.24, 2.45) is 0 Å². The highest BCUT2D eigenvalue weighted by atomic mass is 127. The normalized spacial score (nSPS) is 15.4. The van der Waals surface area contributed by atoms with Crippen molar-refractivity contribution >= 4 is 22.6 Å². The first-order chi connectivity index (χ1) is 3.55. The van der Waals surface area contributed by atoms with Crippen LogP contribution in [0.4, 0.5) is 0 Å². The Labute approximate surface area is 65.0 Å². The molecule has 0 aromatic heterocycles. The van der Waals surface area contributed by atoms with Gasteiger partial charge in [0.1, 0.15) is 0 Å². The lowest BCUT2D eigenvalue weighted by atomic mass is 10.7. The fourth-order valence-electron chi connectivity index (χ4n) is 0.318. The summed E-state index contributed by atoms with van der Waals surface area (Å²) in [6.07, 6.45) is 0. The number of nitrogens with zero attached hydrogens (tertiary/aromatic N) is 2. The summed E-state index contributed by atoms with van der Waals surface area (Å²) in [4.78, 5) is 0. The maximum absolute atomic E-state index is 2.37. The molecule has 1 unspecified atom stereocenters. The molecule has 0 fully saturated rings. The molecule has 0 saturated heterocycles. The van der Waals surface area contributed by atoms with Crippen LogP contribution in [0, 0.1) is 0 Å². The van der Waals surface area contributed by atoms with Crippen LogP contribution in [0.1, 0.15) is 6.92 Å². The van der Waals surface area contributed by atoms with Crippen molar-refractivity contribution in [3.8, 4) is 0 Å². The predicted octanol–water partition coefficient (Wildman–Crippen LogP) is 1.18. The Morgan fingerprint density at radius 1 is 1.25 bits per heavy atom. The Hall–Kier alpha value is 0.650. The van der Waals surface area contributed by atoms with Crippen LogP contribution >= 0.6 is 22.6 Å². The molecular formula is C5H13IN2. The van der Waals surface area contributed by atoms with Gasteiger partial charge < -0.3 is 0 Å². The molecule has 0 aromatic rings. The SMILES string of the molecule is CC(I)N(C)N(C)C. The van der Waals surface area contributed by atoms with Gasteiger partial charge >= 0.3 is 0 Å². The lowest BCUT2D eigenvalue weighted by Gasteiger charge is -2.26. The number of hydrogen-bond donors (Lipinski definition) is 0. The summed E-state index contributed by atoms with van der Waals surface area (Å²) in [5, 5.41) is 4.22. The average molecular weight is 228 g/mol. The maximum atomic E-state index is 2.37. The standard InChI is InChI=1S/C5H13IN2/c1-5(6)8(4)7(2)3/h5H,1-4H3. The molecule has 0 radical (unpaired) electrons. The third-order valence-corrected chi connectivity index (χ3v) is 1.95. The highest BCUT2D eigenvalue weighted by Crippen LogP contribution is 2.03. The van der Waals surface area contributed by atoms with E-state index in [4.69, 9.17) is 0 Å². The quantitative estimate of drug-likeness (QED) is 0.303. The zero-order valence-corrected chi connectivity index (χ0v) is 8.01. The first-order valence-corrected chi connectivity index (χ1v) is 3.84. The Morgan fingerprint density at radius 2 is 1.62 bits per heavy atom. The number of halogens is 1. The fourth-order valence-corrected chi connectivity index (χ4v) is 0.816. The third kappa shape index (κ3) is 2.84. The molecule has 0 aliphatic rings. The molecule has 0 spiro atoms. The highest BCUT2D eigenvalue weighted by molar-refractivity contribution is 14.1. The van der Waals surface area contributed by atoms with Gasteiger partial charge in [0.15, 0.2) is 0 Å². The molecule has 2 nitrogen and oxygen atoms in total. The number of hydrazine groups is 1. The summed E-state index contributed by atoms with van der Waals surface area (Å²) < 4.78 is 0.572. The monoisotopic (exact) mass is 228 g/mol. The molecule has 0 saturated carbocycles. The average Bonchev–Trinajstić information content (AvgIpc) is 1.64. The summed E-state index contributed by atoms with van der Waals surface area (Å²) in [7, 11) is 6.14. The molecule has 0 N–H and O–H groups in total. The maximum Gasteiger partial charge on any atom is 0.0728 e. The second-order valence-electron chi connectivity index (χ2n) is 1.99. The predicted molar refractivity (Wildman–Crippen MR) is 44.9 cm³/mol. The number of rotatable bonds is 2. The molecule has 0 amide bonds. The van der Waals surface area contributed by atoms with Gasteiger partial charge in [0, 0.05) is 21.1 Å². The van der Waals surface area contributed by atoms with E-state index in [0.29, 0.717) is 4.05 Å². The van der Waals surface area contributed by atoms with Crippen molar-refractivity contribution in [3.05, 3.63) is 0 Å². The summed E-state index contributed by atoms with van der Waals surface area (Å²) >= 11 is 2.37. The Bertz CT molecular complexity index is 55.4. The van der Waals surface area contributed by atoms with E-state index in [1.165, 1.54) is 0 Å². The number of hydrogen-bond acceptors (Lipinski definition) is 2. The molecule has 0 aliphatic carbocycles. The smallest absolute Gasteiger partial charge is 0.0728 e. The van der Waals surface area contributed by atoms with E-state index in [-0.39, 0.29) is 0 Å². The molecule has 50 valence electrons. The van der Waals surface area contributed by atoms with Gasteiger partial charge in [-0.25, -0.2) is 10.0 Å². The molecule has 0 heterocycles. The molecule has 0 aliphatic heterocycles. The van der Waals surface area contributed by atoms with Gasteiger partial charge in [-0.1, -0.05) is 22.6 Å². The fraction of sp³-hybridized carbons (Fsp3) is 1.00. The Balaban J connectivity index is 3.46. The van der Waals surface area contributed by atoms with Crippen LogP contribution < -0.4 is 0 Å². The minimum Gasteiger partial charge on any atom is -0.247 e. The zero-order valence-electron chi connectivity index (χ0n) is 5.85. The summed E-state index contributed by atoms with van der Waals surface area (Å²) in [5.41, 5.74) is 0. The molecule has 0 rings (SSSR count). The molecule has 8 heavy (non-hydrogen) atoms. The van der Waals surface area contributed by atoms with E-state index in [1.807, 2.05) is 14.1 Å². The van der Waals surface area contributed by atoms with Crippen LogP contribution in [0.25, 0.3) is 0 Å². The van der Waals surface area contributed by atoms with Gasteiger partial charge in [-0.15, -0.1) is 0 Å². The second-order valence-corrected chi connectivity index (χ2v) is 3.80. The molecular weight excluding hydrogens is 215 g/mol. The van der Waals surface area contributed by atoms with Gasteiger partial charge in [-0.2, -0.15) is 0 Å². The zero-order chi connectivity index (χ0) is 6.73. The van der Waals surface area contributed by atoms with Gasteiger partial charge in [-0.05, 0) is 6.92 Å². The number of alkyl halides is 1. The second kappa shape index (κ2) is 3.63. The van der Waals surface area contributed by atoms with E-state index in [0.717, 1.165) is 0 Å². The molecule has 0 bridgehead atoms. The van der Waals surface area contributed by atoms with Crippen molar-refractivity contribution in [2.75, 3.05) is 21.1 Å². The van der Waals surface area contributed by atoms with Gasteiger partial charge in [-0.3, -0.25) is 0 Å². The van der Waals surface area contributed by atoms with E-state index in [9.17, 15) is 0 Å². The van der Waals surface area contributed by atoms with Crippen LogP contribution in [0.3, 0.4) is 0 Å².